The first-order valence-corrected chi connectivity index (χ1v) is 11.5. The minimum absolute atomic E-state index is 0.0339. The highest BCUT2D eigenvalue weighted by Crippen LogP contribution is 2.27. The number of rotatable bonds is 7. The van der Waals surface area contributed by atoms with Crippen molar-refractivity contribution in [2.45, 2.75) is 46.2 Å². The fourth-order valence-electron chi connectivity index (χ4n) is 4.32. The van der Waals surface area contributed by atoms with E-state index in [1.165, 1.54) is 0 Å². The molecule has 0 bridgehead atoms. The van der Waals surface area contributed by atoms with Gasteiger partial charge in [-0.15, -0.1) is 0 Å². The normalized spacial score (nSPS) is 11.6. The summed E-state index contributed by atoms with van der Waals surface area (Å²) in [6, 6.07) is 15.7. The second-order valence-corrected chi connectivity index (χ2v) is 8.21. The van der Waals surface area contributed by atoms with Gasteiger partial charge in [-0.3, -0.25) is 9.36 Å². The van der Waals surface area contributed by atoms with Crippen LogP contribution in [0.1, 0.15) is 38.1 Å². The molecule has 0 saturated heterocycles. The molecule has 0 aliphatic rings. The van der Waals surface area contributed by atoms with Crippen molar-refractivity contribution in [1.82, 2.24) is 24.1 Å². The Morgan fingerprint density at radius 1 is 0.879 bits per heavy atom. The summed E-state index contributed by atoms with van der Waals surface area (Å²) in [5.74, 6) is 1.60. The summed E-state index contributed by atoms with van der Waals surface area (Å²) in [5, 5.41) is 0.546. The number of fused-ring (bicyclic) bond motifs is 4. The van der Waals surface area contributed by atoms with Crippen molar-refractivity contribution in [1.29, 1.82) is 0 Å². The fraction of sp³-hybridized carbons (Fsp3) is 0.308. The summed E-state index contributed by atoms with van der Waals surface area (Å²) in [5.41, 5.74) is 4.54. The number of methoxy groups -OCH3 is 1. The number of aryl methyl sites for hydroxylation is 1. The lowest BCUT2D eigenvalue weighted by molar-refractivity contribution is 0.414. The molecule has 5 aromatic rings. The van der Waals surface area contributed by atoms with E-state index < -0.39 is 0 Å². The topological polar surface area (TPSA) is 74.8 Å². The highest BCUT2D eigenvalue weighted by molar-refractivity contribution is 6.04. The average Bonchev–Trinajstić information content (AvgIpc) is 3.14. The van der Waals surface area contributed by atoms with Gasteiger partial charge < -0.3 is 9.30 Å². The minimum atomic E-state index is -0.0339. The Morgan fingerprint density at radius 3 is 2.27 bits per heavy atom. The monoisotopic (exact) mass is 441 g/mol. The third-order valence-corrected chi connectivity index (χ3v) is 6.08. The lowest BCUT2D eigenvalue weighted by Crippen LogP contribution is -2.25. The van der Waals surface area contributed by atoms with Crippen LogP contribution in [0.4, 0.5) is 0 Å². The van der Waals surface area contributed by atoms with Gasteiger partial charge in [-0.05, 0) is 36.2 Å². The lowest BCUT2D eigenvalue weighted by atomic mass is 10.2. The molecule has 0 radical (unpaired) electrons. The number of ether oxygens (including phenoxy) is 1. The molecular formula is C26H27N5O2. The summed E-state index contributed by atoms with van der Waals surface area (Å²) < 4.78 is 9.14. The van der Waals surface area contributed by atoms with Crippen molar-refractivity contribution in [3.8, 4) is 5.75 Å². The first-order valence-electron chi connectivity index (χ1n) is 11.5. The van der Waals surface area contributed by atoms with Crippen LogP contribution in [0.5, 0.6) is 5.75 Å². The van der Waals surface area contributed by atoms with Crippen molar-refractivity contribution in [2.75, 3.05) is 7.11 Å². The van der Waals surface area contributed by atoms with Crippen LogP contribution in [0.3, 0.4) is 0 Å². The second-order valence-electron chi connectivity index (χ2n) is 8.21. The number of unbranched alkanes of at least 4 members (excludes halogenated alkanes) is 1. The average molecular weight is 442 g/mol. The molecule has 3 heterocycles. The maximum atomic E-state index is 13.7. The van der Waals surface area contributed by atoms with Crippen LogP contribution in [-0.2, 0) is 19.5 Å². The molecule has 0 fully saturated rings. The van der Waals surface area contributed by atoms with E-state index in [0.29, 0.717) is 41.7 Å². The van der Waals surface area contributed by atoms with Gasteiger partial charge in [0.25, 0.3) is 5.56 Å². The quantitative estimate of drug-likeness (QED) is 0.366. The van der Waals surface area contributed by atoms with Crippen LogP contribution in [0, 0.1) is 0 Å². The summed E-state index contributed by atoms with van der Waals surface area (Å²) in [6.45, 7) is 5.36. The molecule has 168 valence electrons. The molecular weight excluding hydrogens is 414 g/mol. The smallest absolute Gasteiger partial charge is 0.265 e. The van der Waals surface area contributed by atoms with Crippen LogP contribution in [-0.4, -0.2) is 31.2 Å². The summed E-state index contributed by atoms with van der Waals surface area (Å²) in [4.78, 5) is 28.5. The Kier molecular flexibility index (Phi) is 5.54. The van der Waals surface area contributed by atoms with Gasteiger partial charge in [0, 0.05) is 13.0 Å². The van der Waals surface area contributed by atoms with Crippen molar-refractivity contribution in [3.63, 3.8) is 0 Å². The first-order chi connectivity index (χ1) is 16.1. The Labute approximate surface area is 191 Å². The van der Waals surface area contributed by atoms with E-state index >= 15 is 0 Å². The molecule has 0 aliphatic heterocycles. The van der Waals surface area contributed by atoms with Gasteiger partial charge in [-0.25, -0.2) is 15.0 Å². The maximum absolute atomic E-state index is 13.7. The molecule has 33 heavy (non-hydrogen) atoms. The number of para-hydroxylation sites is 2. The predicted octanol–water partition coefficient (Wildman–Crippen LogP) is 4.71. The van der Waals surface area contributed by atoms with E-state index in [-0.39, 0.29) is 5.56 Å². The number of benzene rings is 2. The van der Waals surface area contributed by atoms with Gasteiger partial charge >= 0.3 is 0 Å². The van der Waals surface area contributed by atoms with E-state index in [4.69, 9.17) is 19.7 Å². The zero-order valence-corrected chi connectivity index (χ0v) is 19.2. The molecule has 0 aliphatic carbocycles. The summed E-state index contributed by atoms with van der Waals surface area (Å²) >= 11 is 0. The molecule has 3 aromatic heterocycles. The van der Waals surface area contributed by atoms with Crippen molar-refractivity contribution in [2.24, 2.45) is 0 Å². The number of nitrogens with zero attached hydrogens (tertiary/aromatic N) is 5. The Bertz CT molecular complexity index is 1520. The molecule has 2 aromatic carbocycles. The molecule has 0 atom stereocenters. The first kappa shape index (κ1) is 21.1. The molecule has 5 rings (SSSR count). The number of hydrogen-bond donors (Lipinski definition) is 0. The zero-order valence-electron chi connectivity index (χ0n) is 19.2. The van der Waals surface area contributed by atoms with Crippen LogP contribution in [0.25, 0.3) is 33.2 Å². The molecule has 0 amide bonds. The van der Waals surface area contributed by atoms with E-state index in [1.807, 2.05) is 64.6 Å². The number of aromatic nitrogens is 5. The Balaban J connectivity index is 1.82. The Morgan fingerprint density at radius 2 is 1.61 bits per heavy atom. The fourth-order valence-corrected chi connectivity index (χ4v) is 4.32. The predicted molar refractivity (Wildman–Crippen MR) is 131 cm³/mol. The van der Waals surface area contributed by atoms with Crippen molar-refractivity contribution >= 4 is 33.2 Å². The highest BCUT2D eigenvalue weighted by atomic mass is 16.5. The molecule has 7 heteroatoms. The van der Waals surface area contributed by atoms with Gasteiger partial charge in [-0.1, -0.05) is 44.5 Å². The van der Waals surface area contributed by atoms with Gasteiger partial charge in [0.15, 0.2) is 11.3 Å². The van der Waals surface area contributed by atoms with Gasteiger partial charge in [0.2, 0.25) is 0 Å². The van der Waals surface area contributed by atoms with Crippen molar-refractivity contribution in [3.05, 3.63) is 70.3 Å². The van der Waals surface area contributed by atoms with Crippen LogP contribution in [0.15, 0.2) is 53.3 Å². The zero-order chi connectivity index (χ0) is 22.9. The summed E-state index contributed by atoms with van der Waals surface area (Å²) in [6.07, 6.45) is 2.62. The van der Waals surface area contributed by atoms with Crippen LogP contribution >= 0.6 is 0 Å². The van der Waals surface area contributed by atoms with E-state index in [9.17, 15) is 4.79 Å². The SMILES string of the molecule is CCCCn1c(CC)nc2c(c1=O)c1nc3ccccc3nc1n2Cc1ccc(OC)cc1. The highest BCUT2D eigenvalue weighted by Gasteiger charge is 2.21. The number of hydrogen-bond acceptors (Lipinski definition) is 5. The van der Waals surface area contributed by atoms with Gasteiger partial charge in [0.05, 0.1) is 24.7 Å². The standard InChI is InChI=1S/C26H27N5O2/c1-4-6-15-30-21(5-2)29-24-22(26(30)32)23-25(28-20-10-8-7-9-19(20)27-23)31(24)16-17-11-13-18(33-3)14-12-17/h7-14H,4-6,15-16H2,1-3H3. The molecule has 0 N–H and O–H groups in total. The summed E-state index contributed by atoms with van der Waals surface area (Å²) in [7, 11) is 1.66. The van der Waals surface area contributed by atoms with Crippen LogP contribution in [0.2, 0.25) is 0 Å². The third kappa shape index (κ3) is 3.63. The molecule has 7 nitrogen and oxygen atoms in total. The van der Waals surface area contributed by atoms with Gasteiger partial charge in [0.1, 0.15) is 22.5 Å². The van der Waals surface area contributed by atoms with Crippen molar-refractivity contribution < 1.29 is 4.74 Å². The van der Waals surface area contributed by atoms with E-state index in [2.05, 4.69) is 6.92 Å². The van der Waals surface area contributed by atoms with Crippen LogP contribution < -0.4 is 10.3 Å². The minimum Gasteiger partial charge on any atom is -0.497 e. The third-order valence-electron chi connectivity index (χ3n) is 6.08. The largest absolute Gasteiger partial charge is 0.497 e. The maximum Gasteiger partial charge on any atom is 0.265 e. The molecule has 0 spiro atoms. The Hall–Kier alpha value is -3.74. The van der Waals surface area contributed by atoms with E-state index in [1.54, 1.807) is 7.11 Å². The lowest BCUT2D eigenvalue weighted by Gasteiger charge is -2.12. The molecule has 0 unspecified atom stereocenters. The second kappa shape index (κ2) is 8.65. The van der Waals surface area contributed by atoms with E-state index in [0.717, 1.165) is 41.0 Å². The molecule has 0 saturated carbocycles. The van der Waals surface area contributed by atoms with Gasteiger partial charge in [-0.2, -0.15) is 0 Å².